The number of pyridine rings is 1. The van der Waals surface area contributed by atoms with Crippen molar-refractivity contribution in [1.29, 1.82) is 0 Å². The van der Waals surface area contributed by atoms with Gasteiger partial charge >= 0.3 is 0 Å². The van der Waals surface area contributed by atoms with Crippen molar-refractivity contribution in [1.82, 2.24) is 30.6 Å². The molecule has 1 fully saturated rings. The topological polar surface area (TPSA) is 130 Å². The Morgan fingerprint density at radius 2 is 2.00 bits per heavy atom. The van der Waals surface area contributed by atoms with Gasteiger partial charge in [-0.3, -0.25) is 9.59 Å². The highest BCUT2D eigenvalue weighted by atomic mass is 19.1. The molecule has 11 heteroatoms. The van der Waals surface area contributed by atoms with Gasteiger partial charge in [0.15, 0.2) is 0 Å². The molecule has 4 N–H and O–H groups in total. The molecule has 2 aromatic heterocycles. The van der Waals surface area contributed by atoms with E-state index < -0.39 is 35.9 Å². The number of carbonyl (C=O) groups excluding carboxylic acids is 2. The number of aromatic nitrogens is 4. The number of hydrogen-bond acceptors (Lipinski definition) is 6. The Balaban J connectivity index is 1.60. The van der Waals surface area contributed by atoms with Gasteiger partial charge in [0.05, 0.1) is 30.9 Å². The van der Waals surface area contributed by atoms with Gasteiger partial charge in [-0.05, 0) is 34.7 Å². The molecule has 4 rings (SSSR count). The van der Waals surface area contributed by atoms with Crippen LogP contribution in [0.15, 0.2) is 42.7 Å². The van der Waals surface area contributed by atoms with Crippen LogP contribution in [0.4, 0.5) is 14.6 Å². The lowest BCUT2D eigenvalue weighted by Gasteiger charge is -2.27. The van der Waals surface area contributed by atoms with E-state index in [2.05, 4.69) is 25.7 Å². The Morgan fingerprint density at radius 3 is 2.63 bits per heavy atom. The number of carbonyl (C=O) groups is 2. The number of benzene rings is 1. The van der Waals surface area contributed by atoms with Crippen LogP contribution in [0.3, 0.4) is 0 Å². The Bertz CT molecular complexity index is 1190. The molecule has 35 heavy (non-hydrogen) atoms. The maximum atomic E-state index is 14.8. The zero-order valence-corrected chi connectivity index (χ0v) is 19.4. The molecular weight excluding hydrogens is 456 g/mol. The normalized spacial score (nSPS) is 18.6. The van der Waals surface area contributed by atoms with E-state index in [0.717, 1.165) is 0 Å². The first kappa shape index (κ1) is 24.2. The van der Waals surface area contributed by atoms with E-state index in [1.807, 2.05) is 13.8 Å². The molecule has 184 valence electrons. The first-order valence-corrected chi connectivity index (χ1v) is 11.3. The smallest absolute Gasteiger partial charge is 0.243 e. The van der Waals surface area contributed by atoms with Gasteiger partial charge in [-0.1, -0.05) is 32.0 Å². The molecule has 1 saturated heterocycles. The van der Waals surface area contributed by atoms with E-state index in [-0.39, 0.29) is 25.3 Å². The van der Waals surface area contributed by atoms with Crippen LogP contribution in [-0.2, 0) is 16.0 Å². The molecule has 3 heterocycles. The number of nitrogens with one attached hydrogen (secondary N) is 2. The van der Waals surface area contributed by atoms with Gasteiger partial charge in [0.2, 0.25) is 11.8 Å². The van der Waals surface area contributed by atoms with E-state index in [9.17, 15) is 18.4 Å². The zero-order valence-electron chi connectivity index (χ0n) is 19.4. The summed E-state index contributed by atoms with van der Waals surface area (Å²) < 4.78 is 29.2. The number of nitrogens with two attached hydrogens (primary N) is 1. The molecule has 1 unspecified atom stereocenters. The van der Waals surface area contributed by atoms with E-state index >= 15 is 0 Å². The van der Waals surface area contributed by atoms with E-state index in [1.165, 1.54) is 23.4 Å². The second-order valence-electron chi connectivity index (χ2n) is 8.93. The molecule has 1 aliphatic rings. The summed E-state index contributed by atoms with van der Waals surface area (Å²) in [6.45, 7) is 3.58. The average Bonchev–Trinajstić information content (AvgIpc) is 3.47. The number of rotatable bonds is 7. The Labute approximate surface area is 201 Å². The second-order valence-corrected chi connectivity index (χ2v) is 8.93. The quantitative estimate of drug-likeness (QED) is 0.473. The molecule has 9 nitrogen and oxygen atoms in total. The van der Waals surface area contributed by atoms with Gasteiger partial charge in [0.25, 0.3) is 0 Å². The molecule has 0 bridgehead atoms. The van der Waals surface area contributed by atoms with Crippen molar-refractivity contribution in [3.8, 4) is 0 Å². The summed E-state index contributed by atoms with van der Waals surface area (Å²) >= 11 is 0. The van der Waals surface area contributed by atoms with Crippen LogP contribution in [0.2, 0.25) is 0 Å². The van der Waals surface area contributed by atoms with Gasteiger partial charge in [-0.25, -0.2) is 13.8 Å². The van der Waals surface area contributed by atoms with Crippen LogP contribution in [0.5, 0.6) is 0 Å². The third kappa shape index (κ3) is 5.44. The summed E-state index contributed by atoms with van der Waals surface area (Å²) in [4.78, 5) is 31.5. The first-order valence-electron chi connectivity index (χ1n) is 11.3. The van der Waals surface area contributed by atoms with Crippen molar-refractivity contribution in [3.05, 3.63) is 70.9 Å². The van der Waals surface area contributed by atoms with Gasteiger partial charge in [0.1, 0.15) is 23.8 Å². The number of H-pyrrole nitrogens is 1. The lowest BCUT2D eigenvalue weighted by molar-refractivity contribution is -0.138. The van der Waals surface area contributed by atoms with E-state index in [0.29, 0.717) is 28.2 Å². The van der Waals surface area contributed by atoms with Crippen molar-refractivity contribution in [3.63, 3.8) is 0 Å². The van der Waals surface area contributed by atoms with Gasteiger partial charge in [0, 0.05) is 12.6 Å². The molecule has 3 aromatic rings. The number of nitrogens with zero attached hydrogens (tertiary/aromatic N) is 4. The number of aromatic amines is 1. The highest BCUT2D eigenvalue weighted by molar-refractivity contribution is 5.89. The van der Waals surface area contributed by atoms with Crippen LogP contribution >= 0.6 is 0 Å². The number of nitrogen functional groups attached to an aromatic ring is 1. The minimum absolute atomic E-state index is 0.0143. The van der Waals surface area contributed by atoms with Crippen LogP contribution < -0.4 is 11.1 Å². The van der Waals surface area contributed by atoms with Gasteiger partial charge < -0.3 is 16.0 Å². The highest BCUT2D eigenvalue weighted by Crippen LogP contribution is 2.28. The number of hydrogen-bond donors (Lipinski definition) is 3. The number of likely N-dealkylation sites (tertiary alicyclic amines) is 1. The number of amides is 2. The molecule has 3 atom stereocenters. The summed E-state index contributed by atoms with van der Waals surface area (Å²) in [6, 6.07) is 6.25. The average molecular weight is 484 g/mol. The molecule has 1 aliphatic heterocycles. The Morgan fingerprint density at radius 1 is 1.23 bits per heavy atom. The van der Waals surface area contributed by atoms with Crippen LogP contribution in [-0.4, -0.2) is 55.9 Å². The maximum absolute atomic E-state index is 14.8. The zero-order chi connectivity index (χ0) is 25.1. The fourth-order valence-corrected chi connectivity index (χ4v) is 4.25. The molecular formula is C24H27F2N7O2. The summed E-state index contributed by atoms with van der Waals surface area (Å²) in [5.41, 5.74) is 7.71. The van der Waals surface area contributed by atoms with Crippen molar-refractivity contribution in [2.45, 2.75) is 50.9 Å². The van der Waals surface area contributed by atoms with Gasteiger partial charge in [-0.2, -0.15) is 15.4 Å². The fourth-order valence-electron chi connectivity index (χ4n) is 4.25. The lowest BCUT2D eigenvalue weighted by Crippen LogP contribution is -2.47. The minimum Gasteiger partial charge on any atom is -0.384 e. The monoisotopic (exact) mass is 483 g/mol. The van der Waals surface area contributed by atoms with E-state index in [4.69, 9.17) is 5.73 Å². The van der Waals surface area contributed by atoms with Gasteiger partial charge in [-0.15, -0.1) is 0 Å². The molecule has 0 saturated carbocycles. The summed E-state index contributed by atoms with van der Waals surface area (Å²) in [5.74, 6) is -1.10. The number of halogens is 2. The fraction of sp³-hybridized carbons (Fsp3) is 0.375. The summed E-state index contributed by atoms with van der Waals surface area (Å²) in [5, 5.41) is 12.8. The van der Waals surface area contributed by atoms with Crippen LogP contribution in [0, 0.1) is 5.82 Å². The summed E-state index contributed by atoms with van der Waals surface area (Å²) in [7, 11) is 0. The first-order chi connectivity index (χ1) is 16.7. The number of anilines is 1. The molecule has 0 radical (unpaired) electrons. The highest BCUT2D eigenvalue weighted by Gasteiger charge is 2.40. The van der Waals surface area contributed by atoms with E-state index in [1.54, 1.807) is 24.3 Å². The lowest BCUT2D eigenvalue weighted by atomic mass is 9.95. The molecule has 1 aromatic carbocycles. The van der Waals surface area contributed by atoms with Crippen molar-refractivity contribution >= 4 is 17.6 Å². The van der Waals surface area contributed by atoms with Crippen LogP contribution in [0.25, 0.3) is 0 Å². The largest absolute Gasteiger partial charge is 0.384 e. The third-order valence-electron chi connectivity index (χ3n) is 6.08. The maximum Gasteiger partial charge on any atom is 0.243 e. The Kier molecular flexibility index (Phi) is 7.04. The molecule has 0 aliphatic carbocycles. The van der Waals surface area contributed by atoms with Crippen molar-refractivity contribution < 1.29 is 18.4 Å². The molecule has 2 amide bonds. The predicted octanol–water partition coefficient (Wildman–Crippen LogP) is 2.43. The third-order valence-corrected chi connectivity index (χ3v) is 6.08. The minimum atomic E-state index is -1.34. The predicted molar refractivity (Wildman–Crippen MR) is 124 cm³/mol. The molecule has 0 spiro atoms. The van der Waals surface area contributed by atoms with Crippen LogP contribution in [0.1, 0.15) is 54.6 Å². The summed E-state index contributed by atoms with van der Waals surface area (Å²) in [6.07, 6.45) is 1.31. The Hall–Kier alpha value is -3.89. The van der Waals surface area contributed by atoms with Crippen molar-refractivity contribution in [2.24, 2.45) is 0 Å². The van der Waals surface area contributed by atoms with Crippen molar-refractivity contribution in [2.75, 3.05) is 12.3 Å². The second kappa shape index (κ2) is 10.2. The SMILES string of the molecule is CC(C)c1ccc(C(NC(=O)[C@@H]2C[C@@H](F)CN2C(=O)Cc2cn[nH]n2)c2ccc(N)nc2)cc1F. The standard InChI is InChI=1S/C24H27F2N7O2/c1-13(2)18-5-3-14(7-19(18)26)23(15-4-6-21(27)28-10-15)30-24(35)20-8-16(25)12-33(20)22(34)9-17-11-29-32-31-17/h3-7,10-11,13,16,20,23H,8-9,12H2,1-2H3,(H2,27,28)(H,30,35)(H,29,31,32)/t16-,20+,23?/m1/s1. The number of alkyl halides is 1.